The average molecular weight is 667 g/mol. The van der Waals surface area contributed by atoms with Crippen molar-refractivity contribution in [3.05, 3.63) is 163 Å². The van der Waals surface area contributed by atoms with Crippen LogP contribution in [0.4, 0.5) is 0 Å². The van der Waals surface area contributed by atoms with Crippen LogP contribution in [0.15, 0.2) is 161 Å². The van der Waals surface area contributed by atoms with Gasteiger partial charge in [0, 0.05) is 33.9 Å². The van der Waals surface area contributed by atoms with Gasteiger partial charge in [-0.25, -0.2) is 0 Å². The molecule has 11 rings (SSSR count). The fraction of sp³-hybridized carbons (Fsp3) is 0.0800. The van der Waals surface area contributed by atoms with Gasteiger partial charge in [0.1, 0.15) is 22.5 Å². The molecule has 0 bridgehead atoms. The van der Waals surface area contributed by atoms with Gasteiger partial charge in [0.05, 0.1) is 5.39 Å². The van der Waals surface area contributed by atoms with E-state index in [1.807, 2.05) is 0 Å². The largest absolute Gasteiger partial charge is 0.460 e. The van der Waals surface area contributed by atoms with Crippen LogP contribution in [0.1, 0.15) is 24.7 Å². The standard InChI is InChI=1S/C50H34O2/c1-30-13-10-25-36-42-29-43(50-48(49(42)52-45(36)27-30)41-23-8-9-26-44(41)51-50)47-39-21-6-4-19-37(39)46(38-20-5-7-22-40(38)47)33-17-11-16-32(28-33)35-24-12-15-31-14-2-3-18-34(31)35/h2-12,14-26,28-30H,13,27H2,1H3. The van der Waals surface area contributed by atoms with Crippen LogP contribution >= 0.6 is 0 Å². The van der Waals surface area contributed by atoms with E-state index in [4.69, 9.17) is 8.83 Å². The van der Waals surface area contributed by atoms with Gasteiger partial charge in [0.15, 0.2) is 0 Å². The lowest BCUT2D eigenvalue weighted by Gasteiger charge is -2.18. The van der Waals surface area contributed by atoms with Gasteiger partial charge in [0.25, 0.3) is 0 Å². The van der Waals surface area contributed by atoms with Crippen molar-refractivity contribution in [3.63, 3.8) is 0 Å². The Morgan fingerprint density at radius 3 is 1.92 bits per heavy atom. The Morgan fingerprint density at radius 2 is 1.13 bits per heavy atom. The highest BCUT2D eigenvalue weighted by molar-refractivity contribution is 6.28. The molecule has 0 amide bonds. The van der Waals surface area contributed by atoms with E-state index in [1.165, 1.54) is 65.7 Å². The first-order valence-corrected chi connectivity index (χ1v) is 18.3. The summed E-state index contributed by atoms with van der Waals surface area (Å²) >= 11 is 0. The van der Waals surface area contributed by atoms with Gasteiger partial charge in [-0.15, -0.1) is 0 Å². The number of hydrogen-bond acceptors (Lipinski definition) is 2. The predicted octanol–water partition coefficient (Wildman–Crippen LogP) is 14.4. The fourth-order valence-corrected chi connectivity index (χ4v) is 8.89. The molecule has 2 aromatic heterocycles. The quantitative estimate of drug-likeness (QED) is 0.175. The molecule has 246 valence electrons. The van der Waals surface area contributed by atoms with Crippen LogP contribution in [0.3, 0.4) is 0 Å². The van der Waals surface area contributed by atoms with Crippen molar-refractivity contribution >= 4 is 71.3 Å². The van der Waals surface area contributed by atoms with Crippen molar-refractivity contribution in [1.29, 1.82) is 0 Å². The predicted molar refractivity (Wildman–Crippen MR) is 219 cm³/mol. The molecular formula is C50H34O2. The van der Waals surface area contributed by atoms with Crippen LogP contribution in [0, 0.1) is 5.92 Å². The molecular weight excluding hydrogens is 633 g/mol. The minimum atomic E-state index is 0.522. The van der Waals surface area contributed by atoms with Crippen LogP contribution in [-0.4, -0.2) is 0 Å². The maximum Gasteiger partial charge on any atom is 0.147 e. The van der Waals surface area contributed by atoms with Crippen molar-refractivity contribution in [1.82, 2.24) is 0 Å². The fourth-order valence-electron chi connectivity index (χ4n) is 8.89. The number of rotatable bonds is 3. The molecule has 0 aliphatic heterocycles. The van der Waals surface area contributed by atoms with E-state index in [1.54, 1.807) is 0 Å². The Labute approximate surface area is 301 Å². The molecule has 52 heavy (non-hydrogen) atoms. The van der Waals surface area contributed by atoms with Crippen molar-refractivity contribution in [2.24, 2.45) is 5.92 Å². The van der Waals surface area contributed by atoms with Gasteiger partial charge in [0.2, 0.25) is 0 Å². The van der Waals surface area contributed by atoms with E-state index >= 15 is 0 Å². The van der Waals surface area contributed by atoms with E-state index in [-0.39, 0.29) is 0 Å². The normalized spacial score (nSPS) is 14.6. The minimum absolute atomic E-state index is 0.522. The second kappa shape index (κ2) is 11.3. The van der Waals surface area contributed by atoms with E-state index in [9.17, 15) is 0 Å². The Hall–Kier alpha value is -6.38. The lowest BCUT2D eigenvalue weighted by atomic mass is 9.84. The van der Waals surface area contributed by atoms with Crippen molar-refractivity contribution in [2.45, 2.75) is 19.8 Å². The molecule has 0 N–H and O–H groups in total. The van der Waals surface area contributed by atoms with Gasteiger partial charge in [-0.2, -0.15) is 0 Å². The van der Waals surface area contributed by atoms with Gasteiger partial charge >= 0.3 is 0 Å². The summed E-state index contributed by atoms with van der Waals surface area (Å²) in [5.41, 5.74) is 11.0. The number of furan rings is 2. The minimum Gasteiger partial charge on any atom is -0.460 e. The highest BCUT2D eigenvalue weighted by atomic mass is 16.3. The Bertz CT molecular complexity index is 3030. The van der Waals surface area contributed by atoms with Crippen LogP contribution in [0.25, 0.3) is 105 Å². The molecule has 1 atom stereocenters. The van der Waals surface area contributed by atoms with Crippen LogP contribution in [-0.2, 0) is 6.42 Å². The first-order chi connectivity index (χ1) is 25.7. The third-order valence-corrected chi connectivity index (χ3v) is 11.2. The average Bonchev–Trinajstić information content (AvgIpc) is 3.68. The van der Waals surface area contributed by atoms with Crippen LogP contribution < -0.4 is 0 Å². The van der Waals surface area contributed by atoms with Crippen molar-refractivity contribution < 1.29 is 8.83 Å². The zero-order valence-corrected chi connectivity index (χ0v) is 28.8. The number of fused-ring (bicyclic) bond motifs is 10. The number of hydrogen-bond donors (Lipinski definition) is 0. The third kappa shape index (κ3) is 4.31. The molecule has 0 saturated carbocycles. The molecule has 1 aliphatic rings. The van der Waals surface area contributed by atoms with E-state index in [2.05, 4.69) is 165 Å². The van der Waals surface area contributed by atoms with Gasteiger partial charge in [-0.3, -0.25) is 0 Å². The lowest BCUT2D eigenvalue weighted by Crippen LogP contribution is -1.95. The first kappa shape index (κ1) is 29.4. The Morgan fingerprint density at radius 1 is 0.500 bits per heavy atom. The molecule has 2 heteroatoms. The molecule has 1 aliphatic carbocycles. The van der Waals surface area contributed by atoms with Crippen molar-refractivity contribution in [2.75, 3.05) is 0 Å². The van der Waals surface area contributed by atoms with E-state index in [0.717, 1.165) is 57.1 Å². The van der Waals surface area contributed by atoms with E-state index < -0.39 is 0 Å². The molecule has 0 fully saturated rings. The molecule has 2 nitrogen and oxygen atoms in total. The molecule has 2 heterocycles. The van der Waals surface area contributed by atoms with Crippen molar-refractivity contribution in [3.8, 4) is 33.4 Å². The summed E-state index contributed by atoms with van der Waals surface area (Å²) in [6.07, 6.45) is 6.56. The molecule has 0 saturated heterocycles. The summed E-state index contributed by atoms with van der Waals surface area (Å²) in [5, 5.41) is 10.6. The second-order valence-electron chi connectivity index (χ2n) is 14.4. The Balaban J connectivity index is 1.24. The third-order valence-electron chi connectivity index (χ3n) is 11.2. The lowest BCUT2D eigenvalue weighted by molar-refractivity contribution is 0.485. The smallest absolute Gasteiger partial charge is 0.147 e. The zero-order chi connectivity index (χ0) is 34.3. The Kier molecular flexibility index (Phi) is 6.39. The molecule has 0 radical (unpaired) electrons. The SMILES string of the molecule is CC1CC=Cc2c(oc3c2cc(-c2c4ccccc4c(-c4cccc(-c5cccc6ccccc56)c4)c4ccccc24)c2oc4ccccc4c23)C1. The maximum absolute atomic E-state index is 6.86. The second-order valence-corrected chi connectivity index (χ2v) is 14.4. The van der Waals surface area contributed by atoms with E-state index in [0.29, 0.717) is 5.92 Å². The maximum atomic E-state index is 6.86. The number of benzene rings is 8. The molecule has 10 aromatic rings. The monoisotopic (exact) mass is 666 g/mol. The molecule has 8 aromatic carbocycles. The van der Waals surface area contributed by atoms with Gasteiger partial charge in [-0.1, -0.05) is 146 Å². The summed E-state index contributed by atoms with van der Waals surface area (Å²) in [6.45, 7) is 2.30. The first-order valence-electron chi connectivity index (χ1n) is 18.3. The van der Waals surface area contributed by atoms with Crippen LogP contribution in [0.2, 0.25) is 0 Å². The molecule has 0 spiro atoms. The summed E-state index contributed by atoms with van der Waals surface area (Å²) < 4.78 is 13.7. The summed E-state index contributed by atoms with van der Waals surface area (Å²) in [4.78, 5) is 0. The summed E-state index contributed by atoms with van der Waals surface area (Å²) in [5.74, 6) is 1.59. The molecule has 1 unspecified atom stereocenters. The number of para-hydroxylation sites is 1. The van der Waals surface area contributed by atoms with Crippen LogP contribution in [0.5, 0.6) is 0 Å². The summed E-state index contributed by atoms with van der Waals surface area (Å²) in [6, 6.07) is 52.8. The zero-order valence-electron chi connectivity index (χ0n) is 28.8. The van der Waals surface area contributed by atoms with Gasteiger partial charge in [-0.05, 0) is 85.1 Å². The van der Waals surface area contributed by atoms with Gasteiger partial charge < -0.3 is 8.83 Å². The summed E-state index contributed by atoms with van der Waals surface area (Å²) in [7, 11) is 0. The highest BCUT2D eigenvalue weighted by Gasteiger charge is 2.26. The highest BCUT2D eigenvalue weighted by Crippen LogP contribution is 2.50. The topological polar surface area (TPSA) is 26.3 Å². The number of allylic oxidation sites excluding steroid dienone is 1.